The van der Waals surface area contributed by atoms with Crippen molar-refractivity contribution in [1.29, 1.82) is 0 Å². The molecule has 2 heterocycles. The summed E-state index contributed by atoms with van der Waals surface area (Å²) >= 11 is 1.57. The number of hydrogen-bond acceptors (Lipinski definition) is 6. The number of aryl methyl sites for hydroxylation is 2. The van der Waals surface area contributed by atoms with Gasteiger partial charge in [0.25, 0.3) is 0 Å². The number of ether oxygens (including phenoxy) is 1. The lowest BCUT2D eigenvalue weighted by molar-refractivity contribution is 0.117. The van der Waals surface area contributed by atoms with Crippen LogP contribution in [-0.4, -0.2) is 34.3 Å². The number of thiophene rings is 1. The highest BCUT2D eigenvalue weighted by molar-refractivity contribution is 7.16. The van der Waals surface area contributed by atoms with Crippen molar-refractivity contribution in [3.63, 3.8) is 0 Å². The predicted octanol–water partition coefficient (Wildman–Crippen LogP) is 3.16. The molecular weight excluding hydrogens is 310 g/mol. The third kappa shape index (κ3) is 3.60. The normalized spacial score (nSPS) is 12.3. The third-order valence-corrected chi connectivity index (χ3v) is 4.42. The number of aliphatic hydroxyl groups is 1. The van der Waals surface area contributed by atoms with E-state index >= 15 is 0 Å². The summed E-state index contributed by atoms with van der Waals surface area (Å²) in [7, 11) is 0. The van der Waals surface area contributed by atoms with Crippen molar-refractivity contribution in [2.24, 2.45) is 0 Å². The molecule has 6 heteroatoms. The smallest absolute Gasteiger partial charge is 0.138 e. The largest absolute Gasteiger partial charge is 0.490 e. The van der Waals surface area contributed by atoms with Crippen LogP contribution >= 0.6 is 11.3 Å². The number of para-hydroxylation sites is 1. The molecule has 0 radical (unpaired) electrons. The third-order valence-electron chi connectivity index (χ3n) is 3.60. The van der Waals surface area contributed by atoms with Gasteiger partial charge in [-0.15, -0.1) is 11.3 Å². The molecule has 0 unspecified atom stereocenters. The van der Waals surface area contributed by atoms with Crippen LogP contribution in [0.25, 0.3) is 10.2 Å². The second kappa shape index (κ2) is 6.93. The monoisotopic (exact) mass is 329 g/mol. The Morgan fingerprint density at radius 2 is 2.00 bits per heavy atom. The van der Waals surface area contributed by atoms with Crippen molar-refractivity contribution in [3.8, 4) is 5.75 Å². The van der Waals surface area contributed by atoms with Crippen molar-refractivity contribution < 1.29 is 9.84 Å². The van der Waals surface area contributed by atoms with E-state index in [1.165, 1.54) is 6.33 Å². The zero-order valence-corrected chi connectivity index (χ0v) is 13.9. The maximum absolute atomic E-state index is 10.1. The Balaban J connectivity index is 1.58. The van der Waals surface area contributed by atoms with Gasteiger partial charge in [-0.25, -0.2) is 9.97 Å². The Hall–Kier alpha value is -2.18. The molecule has 0 saturated carbocycles. The lowest BCUT2D eigenvalue weighted by Gasteiger charge is -2.16. The van der Waals surface area contributed by atoms with Crippen molar-refractivity contribution in [3.05, 3.63) is 47.1 Å². The molecule has 0 bridgehead atoms. The quantitative estimate of drug-likeness (QED) is 0.727. The highest BCUT2D eigenvalue weighted by atomic mass is 32.1. The summed E-state index contributed by atoms with van der Waals surface area (Å²) in [6, 6.07) is 7.97. The van der Waals surface area contributed by atoms with Gasteiger partial charge in [0, 0.05) is 6.54 Å². The van der Waals surface area contributed by atoms with E-state index < -0.39 is 6.10 Å². The molecule has 2 aromatic heterocycles. The van der Waals surface area contributed by atoms with E-state index in [9.17, 15) is 5.11 Å². The summed E-state index contributed by atoms with van der Waals surface area (Å²) in [5.74, 6) is 1.58. The van der Waals surface area contributed by atoms with Crippen LogP contribution in [-0.2, 0) is 0 Å². The molecule has 1 aromatic carbocycles. The number of aromatic nitrogens is 2. The number of nitrogens with zero attached hydrogens (tertiary/aromatic N) is 2. The number of benzene rings is 1. The van der Waals surface area contributed by atoms with Crippen LogP contribution in [0.3, 0.4) is 0 Å². The summed E-state index contributed by atoms with van der Waals surface area (Å²) in [5, 5.41) is 16.3. The van der Waals surface area contributed by atoms with E-state index in [0.717, 1.165) is 32.9 Å². The first-order valence-corrected chi connectivity index (χ1v) is 8.32. The summed E-state index contributed by atoms with van der Waals surface area (Å²) in [4.78, 5) is 9.37. The average molecular weight is 329 g/mol. The number of hydrogen-bond donors (Lipinski definition) is 2. The lowest BCUT2D eigenvalue weighted by Crippen LogP contribution is -2.27. The number of rotatable bonds is 6. The molecule has 23 heavy (non-hydrogen) atoms. The number of aliphatic hydroxyl groups excluding tert-OH is 1. The van der Waals surface area contributed by atoms with Crippen LogP contribution in [0.1, 0.15) is 11.1 Å². The Bertz CT molecular complexity index is 783. The van der Waals surface area contributed by atoms with Crippen molar-refractivity contribution >= 4 is 27.4 Å². The Labute approximate surface area is 139 Å². The maximum atomic E-state index is 10.1. The van der Waals surface area contributed by atoms with E-state index in [1.54, 1.807) is 11.3 Å². The summed E-state index contributed by atoms with van der Waals surface area (Å²) in [6.45, 7) is 4.60. The fourth-order valence-electron chi connectivity index (χ4n) is 2.41. The van der Waals surface area contributed by atoms with Crippen LogP contribution in [0, 0.1) is 13.8 Å². The number of fused-ring (bicyclic) bond motifs is 1. The Kier molecular flexibility index (Phi) is 4.73. The van der Waals surface area contributed by atoms with E-state index in [2.05, 4.69) is 15.3 Å². The van der Waals surface area contributed by atoms with Crippen LogP contribution in [0.15, 0.2) is 36.0 Å². The molecular formula is C17H19N3O2S. The van der Waals surface area contributed by atoms with Gasteiger partial charge in [-0.05, 0) is 36.4 Å². The van der Waals surface area contributed by atoms with Crippen LogP contribution < -0.4 is 10.1 Å². The highest BCUT2D eigenvalue weighted by Gasteiger charge is 2.10. The first-order chi connectivity index (χ1) is 11.1. The molecule has 120 valence electrons. The van der Waals surface area contributed by atoms with Gasteiger partial charge >= 0.3 is 0 Å². The predicted molar refractivity (Wildman–Crippen MR) is 93.3 cm³/mol. The molecule has 0 saturated heterocycles. The van der Waals surface area contributed by atoms with Gasteiger partial charge in [0.15, 0.2) is 0 Å². The fraction of sp³-hybridized carbons (Fsp3) is 0.294. The second-order valence-electron chi connectivity index (χ2n) is 5.43. The van der Waals surface area contributed by atoms with Gasteiger partial charge in [-0.1, -0.05) is 18.2 Å². The molecule has 0 aliphatic carbocycles. The highest BCUT2D eigenvalue weighted by Crippen LogP contribution is 2.24. The Morgan fingerprint density at radius 3 is 2.78 bits per heavy atom. The van der Waals surface area contributed by atoms with Gasteiger partial charge in [0.1, 0.15) is 35.4 Å². The number of nitrogens with one attached hydrogen (secondary N) is 1. The molecule has 0 spiro atoms. The molecule has 0 amide bonds. The van der Waals surface area contributed by atoms with Crippen LogP contribution in [0.2, 0.25) is 0 Å². The minimum absolute atomic E-state index is 0.233. The van der Waals surface area contributed by atoms with Gasteiger partial charge in [-0.3, -0.25) is 0 Å². The van der Waals surface area contributed by atoms with Crippen molar-refractivity contribution in [2.45, 2.75) is 20.0 Å². The maximum Gasteiger partial charge on any atom is 0.138 e. The number of anilines is 1. The zero-order valence-electron chi connectivity index (χ0n) is 13.1. The molecule has 0 fully saturated rings. The van der Waals surface area contributed by atoms with Gasteiger partial charge in [-0.2, -0.15) is 0 Å². The molecule has 3 aromatic rings. The van der Waals surface area contributed by atoms with Crippen molar-refractivity contribution in [1.82, 2.24) is 9.97 Å². The Morgan fingerprint density at radius 1 is 1.22 bits per heavy atom. The standard InChI is InChI=1S/C17H19N3O2S/c1-11-4-3-5-12(2)15(11)22-9-13(21)8-18-16-14-6-7-23-17(14)20-10-19-16/h3-7,10,13,21H,8-9H2,1-2H3,(H,18,19,20)/t13-/m0/s1. The minimum Gasteiger partial charge on any atom is -0.490 e. The van der Waals surface area contributed by atoms with Gasteiger partial charge < -0.3 is 15.2 Å². The second-order valence-corrected chi connectivity index (χ2v) is 6.32. The SMILES string of the molecule is Cc1cccc(C)c1OC[C@@H](O)CNc1ncnc2sccc12. The van der Waals surface area contributed by atoms with E-state index in [0.29, 0.717) is 6.54 Å². The molecule has 0 aliphatic rings. The van der Waals surface area contributed by atoms with E-state index in [4.69, 9.17) is 4.74 Å². The summed E-state index contributed by atoms with van der Waals surface area (Å²) in [6.07, 6.45) is 0.901. The summed E-state index contributed by atoms with van der Waals surface area (Å²) in [5.41, 5.74) is 2.14. The fourth-order valence-corrected chi connectivity index (χ4v) is 3.14. The van der Waals surface area contributed by atoms with E-state index in [1.807, 2.05) is 43.5 Å². The molecule has 3 rings (SSSR count). The molecule has 1 atom stereocenters. The zero-order chi connectivity index (χ0) is 16.2. The first-order valence-electron chi connectivity index (χ1n) is 7.44. The average Bonchev–Trinajstić information content (AvgIpc) is 3.01. The van der Waals surface area contributed by atoms with E-state index in [-0.39, 0.29) is 6.61 Å². The topological polar surface area (TPSA) is 67.3 Å². The van der Waals surface area contributed by atoms with Crippen molar-refractivity contribution in [2.75, 3.05) is 18.5 Å². The molecule has 5 nitrogen and oxygen atoms in total. The lowest BCUT2D eigenvalue weighted by atomic mass is 10.1. The van der Waals surface area contributed by atoms with Crippen LogP contribution in [0.5, 0.6) is 5.75 Å². The molecule has 2 N–H and O–H groups in total. The van der Waals surface area contributed by atoms with Gasteiger partial charge in [0.2, 0.25) is 0 Å². The molecule has 0 aliphatic heterocycles. The summed E-state index contributed by atoms with van der Waals surface area (Å²) < 4.78 is 5.77. The minimum atomic E-state index is -0.627. The first kappa shape index (κ1) is 15.7. The van der Waals surface area contributed by atoms with Crippen LogP contribution in [0.4, 0.5) is 5.82 Å². The van der Waals surface area contributed by atoms with Gasteiger partial charge in [0.05, 0.1) is 5.39 Å².